The predicted octanol–water partition coefficient (Wildman–Crippen LogP) is 4.76. The van der Waals surface area contributed by atoms with E-state index in [1.54, 1.807) is 53.9 Å². The molecule has 3 rings (SSSR count). The van der Waals surface area contributed by atoms with Crippen LogP contribution in [0.4, 0.5) is 5.69 Å². The van der Waals surface area contributed by atoms with Crippen molar-refractivity contribution in [3.8, 4) is 17.2 Å². The number of carbonyl (C=O) groups excluding carboxylic acids is 1. The van der Waals surface area contributed by atoms with E-state index < -0.39 is 27.5 Å². The van der Waals surface area contributed by atoms with Crippen molar-refractivity contribution in [1.82, 2.24) is 0 Å². The third kappa shape index (κ3) is 4.86. The number of carbonyl (C=O) groups is 1. The van der Waals surface area contributed by atoms with Crippen molar-refractivity contribution >= 4 is 33.2 Å². The minimum atomic E-state index is -3.36. The monoisotopic (exact) mass is 487 g/mol. The topological polar surface area (TPSA) is 81.7 Å². The number of para-hydroxylation sites is 2. The summed E-state index contributed by atoms with van der Waals surface area (Å²) in [7, 11) is -1.90. The molecule has 0 saturated heterocycles. The van der Waals surface area contributed by atoms with Gasteiger partial charge in [0.15, 0.2) is 0 Å². The molecule has 0 heterocycles. The Morgan fingerprint density at radius 3 is 2.23 bits per heavy atom. The van der Waals surface area contributed by atoms with Gasteiger partial charge in [-0.25, -0.2) is 0 Å². The van der Waals surface area contributed by atoms with Gasteiger partial charge in [0.25, 0.3) is 0 Å². The van der Waals surface area contributed by atoms with Crippen LogP contribution < -0.4 is 14.8 Å². The van der Waals surface area contributed by atoms with Crippen molar-refractivity contribution in [1.29, 1.82) is 0 Å². The van der Waals surface area contributed by atoms with Crippen molar-refractivity contribution < 1.29 is 22.7 Å². The number of hydrogen-bond donors (Lipinski definition) is 1. The summed E-state index contributed by atoms with van der Waals surface area (Å²) >= 11 is -2.07. The van der Waals surface area contributed by atoms with Crippen LogP contribution in [0.5, 0.6) is 17.2 Å². The van der Waals surface area contributed by atoms with Gasteiger partial charge < -0.3 is 0 Å². The molecule has 156 valence electrons. The van der Waals surface area contributed by atoms with E-state index >= 15 is 0 Å². The molecule has 3 aromatic carbocycles. The molecule has 0 radical (unpaired) electrons. The molecule has 0 unspecified atom stereocenters. The molecule has 0 atom stereocenters. The number of ether oxygens (including phenoxy) is 2. The fourth-order valence-corrected chi connectivity index (χ4v) is 7.00. The second-order valence-corrected chi connectivity index (χ2v) is 18.2. The minimum absolute atomic E-state index is 0.178. The molecule has 1 N–H and O–H groups in total. The van der Waals surface area contributed by atoms with Crippen molar-refractivity contribution in [3.05, 3.63) is 78.4 Å². The maximum atomic E-state index is 13.0. The maximum absolute atomic E-state index is 13.0. The van der Waals surface area contributed by atoms with E-state index in [1.807, 2.05) is 18.2 Å². The summed E-state index contributed by atoms with van der Waals surface area (Å²) < 4.78 is 36.3. The Labute approximate surface area is 180 Å². The van der Waals surface area contributed by atoms with Crippen molar-refractivity contribution in [2.24, 2.45) is 0 Å². The molecule has 0 fully saturated rings. The molecule has 8 heteroatoms. The summed E-state index contributed by atoms with van der Waals surface area (Å²) in [4.78, 5) is 13.2. The number of methoxy groups -OCH3 is 1. The van der Waals surface area contributed by atoms with E-state index in [9.17, 15) is 13.2 Å². The van der Waals surface area contributed by atoms with E-state index in [1.165, 1.54) is 19.2 Å². The van der Waals surface area contributed by atoms with E-state index in [0.717, 1.165) is 0 Å². The first-order valence-corrected chi connectivity index (χ1v) is 16.6. The Morgan fingerprint density at radius 1 is 0.900 bits per heavy atom. The van der Waals surface area contributed by atoms with Crippen LogP contribution in [0, 0.1) is 0 Å². The first kappa shape index (κ1) is 21.9. The van der Waals surface area contributed by atoms with Crippen LogP contribution in [0.3, 0.4) is 0 Å². The second kappa shape index (κ2) is 9.37. The summed E-state index contributed by atoms with van der Waals surface area (Å²) in [6.07, 6.45) is 0. The summed E-state index contributed by atoms with van der Waals surface area (Å²) in [5, 5.41) is 2.76. The van der Waals surface area contributed by atoms with Gasteiger partial charge in [-0.3, -0.25) is 0 Å². The van der Waals surface area contributed by atoms with E-state index in [0.29, 0.717) is 22.8 Å². The summed E-state index contributed by atoms with van der Waals surface area (Å²) in [6, 6.07) is 20.5. The molecule has 1 amide bonds. The normalized spacial score (nSPS) is 11.2. The second-order valence-electron chi connectivity index (χ2n) is 6.51. The quantitative estimate of drug-likeness (QED) is 0.486. The molecular formula is C22H22AsNO5S. The molecule has 30 heavy (non-hydrogen) atoms. The molecule has 0 saturated carbocycles. The molecule has 3 aromatic rings. The van der Waals surface area contributed by atoms with Crippen LogP contribution in [0.2, 0.25) is 11.4 Å². The number of amides is 1. The van der Waals surface area contributed by atoms with Gasteiger partial charge in [0.2, 0.25) is 0 Å². The van der Waals surface area contributed by atoms with Gasteiger partial charge in [0.1, 0.15) is 0 Å². The molecule has 0 aromatic heterocycles. The van der Waals surface area contributed by atoms with E-state index in [-0.39, 0.29) is 10.6 Å². The number of benzene rings is 3. The van der Waals surface area contributed by atoms with Gasteiger partial charge in [0, 0.05) is 0 Å². The van der Waals surface area contributed by atoms with E-state index in [4.69, 9.17) is 9.47 Å². The van der Waals surface area contributed by atoms with Gasteiger partial charge in [-0.05, 0) is 0 Å². The van der Waals surface area contributed by atoms with Crippen LogP contribution >= 0.6 is 0 Å². The SMILES string of the molecule is COc1ccc(S(=O)(=O)[As](C)C)cc1NC(=O)c1ccccc1Oc1ccccc1. The number of hydrogen-bond acceptors (Lipinski definition) is 5. The number of rotatable bonds is 7. The fraction of sp³-hybridized carbons (Fsp3) is 0.136. The van der Waals surface area contributed by atoms with Crippen molar-refractivity contribution in [2.75, 3.05) is 12.4 Å². The average molecular weight is 487 g/mol. The van der Waals surface area contributed by atoms with Gasteiger partial charge in [-0.2, -0.15) is 0 Å². The Kier molecular flexibility index (Phi) is 6.85. The predicted molar refractivity (Wildman–Crippen MR) is 119 cm³/mol. The Morgan fingerprint density at radius 2 is 1.57 bits per heavy atom. The van der Waals surface area contributed by atoms with Crippen LogP contribution in [0.15, 0.2) is 77.7 Å². The van der Waals surface area contributed by atoms with Crippen LogP contribution in [0.25, 0.3) is 0 Å². The van der Waals surface area contributed by atoms with Crippen LogP contribution in [0.1, 0.15) is 10.4 Å². The molecule has 0 aliphatic heterocycles. The van der Waals surface area contributed by atoms with Crippen LogP contribution in [-0.4, -0.2) is 34.9 Å². The van der Waals surface area contributed by atoms with Crippen molar-refractivity contribution in [2.45, 2.75) is 16.3 Å². The molecular weight excluding hydrogens is 465 g/mol. The number of anilines is 1. The number of nitrogens with one attached hydrogen (secondary N) is 1. The van der Waals surface area contributed by atoms with Gasteiger partial charge in [0.05, 0.1) is 0 Å². The Balaban J connectivity index is 1.93. The third-order valence-corrected chi connectivity index (χ3v) is 13.5. The summed E-state index contributed by atoms with van der Waals surface area (Å²) in [5.41, 5.74) is 4.11. The molecule has 0 bridgehead atoms. The Hall–Kier alpha value is -2.76. The first-order chi connectivity index (χ1) is 14.3. The van der Waals surface area contributed by atoms with Gasteiger partial charge in [-0.1, -0.05) is 6.07 Å². The zero-order valence-electron chi connectivity index (χ0n) is 16.8. The van der Waals surface area contributed by atoms with Gasteiger partial charge in [-0.15, -0.1) is 0 Å². The zero-order valence-corrected chi connectivity index (χ0v) is 19.5. The average Bonchev–Trinajstić information content (AvgIpc) is 2.74. The molecule has 0 spiro atoms. The fourth-order valence-electron chi connectivity index (χ4n) is 2.70. The molecule has 0 aliphatic rings. The molecule has 6 nitrogen and oxygen atoms in total. The summed E-state index contributed by atoms with van der Waals surface area (Å²) in [6.45, 7) is 0. The third-order valence-electron chi connectivity index (χ3n) is 4.30. The van der Waals surface area contributed by atoms with Crippen LogP contribution in [-0.2, 0) is 8.10 Å². The van der Waals surface area contributed by atoms with Crippen molar-refractivity contribution in [3.63, 3.8) is 0 Å². The Bertz CT molecular complexity index is 1150. The summed E-state index contributed by atoms with van der Waals surface area (Å²) in [5.74, 6) is 0.927. The standard InChI is InChI=1S/C22H22AsNO5S/c1-23(2)30(26,27)17-13-14-21(28-3)19(15-17)24-22(25)18-11-7-8-12-20(18)29-16-9-5-4-6-10-16/h4-15H,1-3H3,(H,24,25). The zero-order chi connectivity index (χ0) is 21.7. The van der Waals surface area contributed by atoms with E-state index in [2.05, 4.69) is 5.32 Å². The van der Waals surface area contributed by atoms with Gasteiger partial charge >= 0.3 is 174 Å². The first-order valence-electron chi connectivity index (χ1n) is 9.07. The molecule has 0 aliphatic carbocycles.